The van der Waals surface area contributed by atoms with Crippen LogP contribution in [0, 0.1) is 5.92 Å². The molecule has 4 heterocycles. The Labute approximate surface area is 236 Å². The number of nitrogens with two attached hydrogens (primary N) is 1. The third-order valence-corrected chi connectivity index (χ3v) is 8.54. The van der Waals surface area contributed by atoms with Crippen molar-refractivity contribution in [2.24, 2.45) is 11.1 Å². The Morgan fingerprint density at radius 2 is 2.21 bits per heavy atom. The summed E-state index contributed by atoms with van der Waals surface area (Å²) < 4.78 is 0.872. The minimum absolute atomic E-state index is 0.0129. The summed E-state index contributed by atoms with van der Waals surface area (Å²) in [6.07, 6.45) is 1.05. The number of hydrogen-bond acceptors (Lipinski definition) is 14. The van der Waals surface area contributed by atoms with Gasteiger partial charge in [-0.05, 0) is 16.5 Å². The summed E-state index contributed by atoms with van der Waals surface area (Å²) in [7, 11) is 0. The van der Waals surface area contributed by atoms with Gasteiger partial charge in [0.05, 0.1) is 11.3 Å². The largest absolute Gasteiger partial charge is 0.478 e. The van der Waals surface area contributed by atoms with Crippen LogP contribution in [0.1, 0.15) is 11.9 Å². The molecule has 0 radical (unpaired) electrons. The lowest BCUT2D eigenvalue weighted by molar-refractivity contribution is -0.151. The highest BCUT2D eigenvalue weighted by Crippen LogP contribution is 2.43. The molecular formula is C19H18ClN9O7S3. The summed E-state index contributed by atoms with van der Waals surface area (Å²) in [6, 6.07) is 0. The zero-order valence-corrected chi connectivity index (χ0v) is 22.7. The summed E-state index contributed by atoms with van der Waals surface area (Å²) >= 11 is 9.37. The van der Waals surface area contributed by atoms with Crippen LogP contribution in [0.5, 0.6) is 0 Å². The molecule has 5 N–H and O–H groups in total. The summed E-state index contributed by atoms with van der Waals surface area (Å²) in [5.41, 5.74) is 5.02. The molecule has 206 valence electrons. The maximum absolute atomic E-state index is 13.1. The Balaban J connectivity index is 1.50. The van der Waals surface area contributed by atoms with E-state index in [9.17, 15) is 29.4 Å². The molecule has 3 unspecified atom stereocenters. The van der Waals surface area contributed by atoms with Crippen LogP contribution in [0.25, 0.3) is 0 Å². The third kappa shape index (κ3) is 5.84. The fourth-order valence-electron chi connectivity index (χ4n) is 3.48. The van der Waals surface area contributed by atoms with Gasteiger partial charge < -0.3 is 26.1 Å². The molecule has 2 aromatic rings. The molecule has 3 atom stereocenters. The number of rotatable bonds is 12. The van der Waals surface area contributed by atoms with Crippen LogP contribution in [0.4, 0.5) is 5.13 Å². The van der Waals surface area contributed by atoms with Gasteiger partial charge in [-0.25, -0.2) is 14.6 Å². The Bertz CT molecular complexity index is 1390. The topological polar surface area (TPSA) is 228 Å². The molecule has 16 nitrogen and oxygen atoms in total. The average Bonchev–Trinajstić information content (AvgIpc) is 3.49. The molecule has 2 aliphatic rings. The number of tetrazole rings is 1. The van der Waals surface area contributed by atoms with E-state index >= 15 is 0 Å². The number of carboxylic acid groups (broad SMARTS) is 2. The van der Waals surface area contributed by atoms with Crippen LogP contribution >= 0.6 is 46.5 Å². The van der Waals surface area contributed by atoms with Crippen molar-refractivity contribution in [1.82, 2.24) is 35.4 Å². The van der Waals surface area contributed by atoms with Crippen molar-refractivity contribution in [3.05, 3.63) is 34.5 Å². The summed E-state index contributed by atoms with van der Waals surface area (Å²) in [6.45, 7) is 3.41. The lowest BCUT2D eigenvalue weighted by atomic mass is 9.99. The van der Waals surface area contributed by atoms with E-state index in [1.165, 1.54) is 28.8 Å². The van der Waals surface area contributed by atoms with Gasteiger partial charge in [0.15, 0.2) is 10.8 Å². The van der Waals surface area contributed by atoms with Gasteiger partial charge in [-0.3, -0.25) is 14.5 Å². The number of carbonyl (C=O) groups is 4. The van der Waals surface area contributed by atoms with Crippen molar-refractivity contribution in [1.29, 1.82) is 0 Å². The number of anilines is 1. The first kappa shape index (κ1) is 28.3. The van der Waals surface area contributed by atoms with E-state index in [0.29, 0.717) is 5.75 Å². The highest BCUT2D eigenvalue weighted by atomic mass is 35.5. The molecule has 0 spiro atoms. The van der Waals surface area contributed by atoms with Crippen molar-refractivity contribution in [2.75, 3.05) is 23.8 Å². The maximum Gasteiger partial charge on any atom is 0.352 e. The molecule has 4 rings (SSSR count). The molecule has 0 bridgehead atoms. The second kappa shape index (κ2) is 12.0. The van der Waals surface area contributed by atoms with E-state index in [2.05, 4.69) is 37.6 Å². The SMILES string of the molecule is C=CCO/N=C(/C(=O)NC(C(=O)O)n1nnnc1SCC1C(=O)N2C(C(=O)O)=CCSC12)c1nc(N)sc1Cl. The molecule has 2 aromatic heterocycles. The predicted octanol–water partition coefficient (Wildman–Crippen LogP) is 0.263. The highest BCUT2D eigenvalue weighted by Gasteiger charge is 2.51. The van der Waals surface area contributed by atoms with Gasteiger partial charge in [0.1, 0.15) is 22.3 Å². The number of aromatic nitrogens is 5. The summed E-state index contributed by atoms with van der Waals surface area (Å²) in [5, 5.41) is 35.8. The quantitative estimate of drug-likeness (QED) is 0.0627. The monoisotopic (exact) mass is 615 g/mol. The van der Waals surface area contributed by atoms with E-state index < -0.39 is 35.6 Å². The number of fused-ring (bicyclic) bond motifs is 1. The van der Waals surface area contributed by atoms with Crippen molar-refractivity contribution in [3.8, 4) is 0 Å². The molecule has 0 aliphatic carbocycles. The normalized spacial score (nSPS) is 19.4. The molecule has 2 amide bonds. The molecular weight excluding hydrogens is 598 g/mol. The van der Waals surface area contributed by atoms with Crippen LogP contribution in [0.15, 0.2) is 34.7 Å². The number of thiazole rings is 1. The van der Waals surface area contributed by atoms with Crippen LogP contribution in [0.2, 0.25) is 4.34 Å². The standard InChI is InChI=1S/C19H18ClN9O7S3/c1-2-4-36-25-10(9-11(20)39-18(21)22-9)13(30)23-12(17(34)35)29-19(24-26-27-29)38-6-7-14(31)28-8(16(32)33)3-5-37-15(7)28/h2-3,7,12,15H,1,4-6H2,(H2,21,22)(H,23,30)(H,32,33)(H,34,35)/b25-10+. The number of thioether (sulfide) groups is 2. The fourth-order valence-corrected chi connectivity index (χ4v) is 6.81. The molecule has 0 aromatic carbocycles. The average molecular weight is 616 g/mol. The van der Waals surface area contributed by atoms with Gasteiger partial charge >= 0.3 is 11.9 Å². The highest BCUT2D eigenvalue weighted by molar-refractivity contribution is 8.00. The Hall–Kier alpha value is -3.68. The molecule has 1 saturated heterocycles. The number of nitrogen functional groups attached to an aromatic ring is 1. The minimum atomic E-state index is -1.80. The van der Waals surface area contributed by atoms with Gasteiger partial charge in [0.25, 0.3) is 5.91 Å². The van der Waals surface area contributed by atoms with Gasteiger partial charge in [-0.2, -0.15) is 4.68 Å². The van der Waals surface area contributed by atoms with E-state index in [1.54, 1.807) is 0 Å². The number of oxime groups is 1. The number of amides is 2. The van der Waals surface area contributed by atoms with Crippen LogP contribution in [0.3, 0.4) is 0 Å². The molecule has 39 heavy (non-hydrogen) atoms. The number of aliphatic carboxylic acids is 2. The first-order valence-corrected chi connectivity index (χ1v) is 13.9. The molecule has 1 fully saturated rings. The lowest BCUT2D eigenvalue weighted by Crippen LogP contribution is -2.61. The second-order valence-electron chi connectivity index (χ2n) is 7.56. The van der Waals surface area contributed by atoms with Gasteiger partial charge in [0, 0.05) is 11.5 Å². The number of nitrogens with zero attached hydrogens (tertiary/aromatic N) is 7. The first-order valence-electron chi connectivity index (χ1n) is 10.7. The summed E-state index contributed by atoms with van der Waals surface area (Å²) in [4.78, 5) is 59.4. The number of halogens is 1. The molecule has 0 saturated carbocycles. The van der Waals surface area contributed by atoms with Gasteiger partial charge in [0.2, 0.25) is 17.2 Å². The van der Waals surface area contributed by atoms with Gasteiger partial charge in [-0.1, -0.05) is 52.5 Å². The van der Waals surface area contributed by atoms with Crippen molar-refractivity contribution >= 4 is 81.1 Å². The minimum Gasteiger partial charge on any atom is -0.478 e. The first-order chi connectivity index (χ1) is 18.6. The van der Waals surface area contributed by atoms with Crippen molar-refractivity contribution in [2.45, 2.75) is 16.7 Å². The Kier molecular flexibility index (Phi) is 8.73. The predicted molar refractivity (Wildman–Crippen MR) is 140 cm³/mol. The van der Waals surface area contributed by atoms with Crippen LogP contribution < -0.4 is 11.1 Å². The van der Waals surface area contributed by atoms with Crippen LogP contribution in [-0.2, 0) is 24.0 Å². The van der Waals surface area contributed by atoms with E-state index in [1.807, 2.05) is 0 Å². The van der Waals surface area contributed by atoms with Gasteiger partial charge in [-0.15, -0.1) is 16.9 Å². The molecule has 20 heteroatoms. The third-order valence-electron chi connectivity index (χ3n) is 5.17. The van der Waals surface area contributed by atoms with E-state index in [0.717, 1.165) is 27.8 Å². The fraction of sp³-hybridized carbons (Fsp3) is 0.316. The zero-order valence-electron chi connectivity index (χ0n) is 19.5. The maximum atomic E-state index is 13.1. The second-order valence-corrected chi connectivity index (χ2v) is 11.3. The molecule has 2 aliphatic heterocycles. The lowest BCUT2D eigenvalue weighted by Gasteiger charge is -2.48. The Morgan fingerprint density at radius 1 is 1.44 bits per heavy atom. The van der Waals surface area contributed by atoms with Crippen LogP contribution in [-0.4, -0.2) is 93.3 Å². The number of nitrogens with one attached hydrogen (secondary N) is 1. The number of hydrogen-bond donors (Lipinski definition) is 4. The van der Waals surface area contributed by atoms with E-state index in [-0.39, 0.29) is 49.7 Å². The number of carboxylic acids is 2. The zero-order chi connectivity index (χ0) is 28.3. The number of β-lactam (4-membered cyclic amide) rings is 1. The van der Waals surface area contributed by atoms with E-state index in [4.69, 9.17) is 22.2 Å². The van der Waals surface area contributed by atoms with Crippen molar-refractivity contribution < 1.29 is 34.2 Å². The number of carbonyl (C=O) groups excluding carboxylic acids is 2. The smallest absolute Gasteiger partial charge is 0.352 e. The van der Waals surface area contributed by atoms with Crippen molar-refractivity contribution in [3.63, 3.8) is 0 Å². The Morgan fingerprint density at radius 3 is 2.85 bits per heavy atom. The summed E-state index contributed by atoms with van der Waals surface area (Å²) in [5.74, 6) is -4.10.